The van der Waals surface area contributed by atoms with Gasteiger partial charge in [-0.05, 0) is 35.4 Å². The molecule has 3 aromatic carbocycles. The number of hydrogen-bond donors (Lipinski definition) is 1. The van der Waals surface area contributed by atoms with E-state index in [1.165, 1.54) is 18.2 Å². The number of fused-ring (bicyclic) bond motifs is 2. The highest BCUT2D eigenvalue weighted by Gasteiger charge is 2.24. The van der Waals surface area contributed by atoms with Gasteiger partial charge in [0.05, 0.1) is 18.4 Å². The number of anilines is 1. The fourth-order valence-electron chi connectivity index (χ4n) is 4.07. The lowest BCUT2D eigenvalue weighted by molar-refractivity contribution is -0.115. The molecule has 2 heterocycles. The first kappa shape index (κ1) is 23.4. The fraction of sp³-hybridized carbons (Fsp3) is 0.111. The zero-order valence-electron chi connectivity index (χ0n) is 19.2. The van der Waals surface area contributed by atoms with E-state index in [1.54, 1.807) is 18.4 Å². The number of rotatable bonds is 6. The largest absolute Gasteiger partial charge is 0.461 e. The maximum Gasteiger partial charge on any atom is 0.359 e. The predicted molar refractivity (Wildman–Crippen MR) is 137 cm³/mol. The van der Waals surface area contributed by atoms with Crippen LogP contribution in [0.3, 0.4) is 0 Å². The molecule has 0 bridgehead atoms. The first-order chi connectivity index (χ1) is 17.5. The molecule has 1 amide bonds. The number of carbonyl (C=O) groups excluding carboxylic acids is 2. The summed E-state index contributed by atoms with van der Waals surface area (Å²) in [6.45, 7) is 1.74. The molecule has 0 radical (unpaired) electrons. The van der Waals surface area contributed by atoms with Crippen molar-refractivity contribution in [3.8, 4) is 5.69 Å². The lowest BCUT2D eigenvalue weighted by Gasteiger charge is -2.11. The van der Waals surface area contributed by atoms with Gasteiger partial charge in [-0.15, -0.1) is 11.3 Å². The number of amides is 1. The maximum atomic E-state index is 14.6. The van der Waals surface area contributed by atoms with Crippen molar-refractivity contribution in [3.05, 3.63) is 99.5 Å². The highest BCUT2D eigenvalue weighted by Crippen LogP contribution is 2.31. The van der Waals surface area contributed by atoms with Gasteiger partial charge >= 0.3 is 5.97 Å². The molecule has 7 nitrogen and oxygen atoms in total. The topological polar surface area (TPSA) is 90.3 Å². The van der Waals surface area contributed by atoms with E-state index in [1.807, 2.05) is 42.5 Å². The van der Waals surface area contributed by atoms with Crippen LogP contribution >= 0.6 is 11.3 Å². The zero-order chi connectivity index (χ0) is 25.2. The Balaban J connectivity index is 1.58. The molecular weight excluding hydrogens is 481 g/mol. The van der Waals surface area contributed by atoms with Gasteiger partial charge in [-0.2, -0.15) is 9.78 Å². The summed E-state index contributed by atoms with van der Waals surface area (Å²) in [7, 11) is 0. The van der Waals surface area contributed by atoms with Crippen LogP contribution in [0.4, 0.5) is 9.39 Å². The number of aromatic nitrogens is 2. The van der Waals surface area contributed by atoms with E-state index in [4.69, 9.17) is 4.74 Å². The van der Waals surface area contributed by atoms with Gasteiger partial charge in [0, 0.05) is 10.8 Å². The summed E-state index contributed by atoms with van der Waals surface area (Å²) in [6.07, 6.45) is 0.0814. The summed E-state index contributed by atoms with van der Waals surface area (Å²) in [5.74, 6) is -1.77. The van der Waals surface area contributed by atoms with Gasteiger partial charge in [-0.3, -0.25) is 9.59 Å². The molecule has 5 aromatic rings. The van der Waals surface area contributed by atoms with E-state index in [0.717, 1.165) is 32.4 Å². The Morgan fingerprint density at radius 3 is 2.58 bits per heavy atom. The molecular formula is C27H20FN3O4S. The number of carbonyl (C=O) groups is 2. The molecule has 9 heteroatoms. The number of esters is 1. The Morgan fingerprint density at radius 2 is 1.78 bits per heavy atom. The van der Waals surface area contributed by atoms with Crippen molar-refractivity contribution in [1.29, 1.82) is 0 Å². The summed E-state index contributed by atoms with van der Waals surface area (Å²) >= 11 is 1.09. The Kier molecular flexibility index (Phi) is 6.30. The molecule has 0 spiro atoms. The Bertz CT molecular complexity index is 1690. The van der Waals surface area contributed by atoms with Crippen molar-refractivity contribution >= 4 is 49.8 Å². The van der Waals surface area contributed by atoms with Crippen LogP contribution in [0.2, 0.25) is 0 Å². The zero-order valence-corrected chi connectivity index (χ0v) is 20.0. The molecule has 36 heavy (non-hydrogen) atoms. The minimum atomic E-state index is -0.751. The molecule has 0 unspecified atom stereocenters. The second kappa shape index (κ2) is 9.71. The van der Waals surface area contributed by atoms with Crippen molar-refractivity contribution in [3.63, 3.8) is 0 Å². The van der Waals surface area contributed by atoms with E-state index in [0.29, 0.717) is 0 Å². The minimum absolute atomic E-state index is 0.0626. The molecule has 0 saturated heterocycles. The van der Waals surface area contributed by atoms with Gasteiger partial charge < -0.3 is 10.1 Å². The molecule has 0 aliphatic carbocycles. The van der Waals surface area contributed by atoms with E-state index in [-0.39, 0.29) is 46.1 Å². The van der Waals surface area contributed by atoms with Crippen LogP contribution in [0.25, 0.3) is 27.2 Å². The van der Waals surface area contributed by atoms with Crippen LogP contribution in [0, 0.1) is 5.82 Å². The molecule has 0 atom stereocenters. The standard InChI is InChI=1S/C27H20FN3O4S/c1-2-35-27(34)24-19-15-36-25(23(19)26(33)31(30-24)21-13-6-5-12-20(21)28)29-22(32)14-17-10-7-9-16-8-3-4-11-18(16)17/h3-13,15H,2,14H2,1H3,(H,29,32). The number of nitrogens with one attached hydrogen (secondary N) is 1. The summed E-state index contributed by atoms with van der Waals surface area (Å²) in [4.78, 5) is 39.1. The van der Waals surface area contributed by atoms with Crippen molar-refractivity contribution in [2.75, 3.05) is 11.9 Å². The van der Waals surface area contributed by atoms with Crippen LogP contribution < -0.4 is 10.9 Å². The monoisotopic (exact) mass is 501 g/mol. The molecule has 0 aliphatic rings. The van der Waals surface area contributed by atoms with E-state index >= 15 is 0 Å². The minimum Gasteiger partial charge on any atom is -0.461 e. The molecule has 180 valence electrons. The number of hydrogen-bond acceptors (Lipinski definition) is 6. The van der Waals surface area contributed by atoms with Gasteiger partial charge in [0.2, 0.25) is 5.91 Å². The third-order valence-corrected chi connectivity index (χ3v) is 6.58. The molecule has 0 aliphatic heterocycles. The summed E-state index contributed by atoms with van der Waals surface area (Å²) in [5.41, 5.74) is -0.0800. The van der Waals surface area contributed by atoms with Gasteiger partial charge in [-0.25, -0.2) is 9.18 Å². The van der Waals surface area contributed by atoms with Crippen LogP contribution in [-0.2, 0) is 16.0 Å². The second-order valence-electron chi connectivity index (χ2n) is 7.95. The summed E-state index contributed by atoms with van der Waals surface area (Å²) < 4.78 is 20.5. The van der Waals surface area contributed by atoms with Crippen LogP contribution in [-0.4, -0.2) is 28.3 Å². The van der Waals surface area contributed by atoms with E-state index < -0.39 is 17.3 Å². The van der Waals surface area contributed by atoms with Gasteiger partial charge in [0.15, 0.2) is 5.69 Å². The van der Waals surface area contributed by atoms with Crippen molar-refractivity contribution in [2.24, 2.45) is 0 Å². The quantitative estimate of drug-likeness (QED) is 0.327. The van der Waals surface area contributed by atoms with Crippen molar-refractivity contribution in [2.45, 2.75) is 13.3 Å². The third-order valence-electron chi connectivity index (χ3n) is 5.69. The van der Waals surface area contributed by atoms with Crippen LogP contribution in [0.15, 0.2) is 76.9 Å². The van der Waals surface area contributed by atoms with Crippen LogP contribution in [0.5, 0.6) is 0 Å². The lowest BCUT2D eigenvalue weighted by atomic mass is 10.0. The Morgan fingerprint density at radius 1 is 1.03 bits per heavy atom. The first-order valence-corrected chi connectivity index (χ1v) is 12.1. The van der Waals surface area contributed by atoms with Gasteiger partial charge in [0.25, 0.3) is 5.56 Å². The number of halogens is 1. The number of benzene rings is 3. The molecule has 2 aromatic heterocycles. The second-order valence-corrected chi connectivity index (χ2v) is 8.83. The van der Waals surface area contributed by atoms with Crippen molar-refractivity contribution in [1.82, 2.24) is 9.78 Å². The number of ether oxygens (including phenoxy) is 1. The molecule has 0 fully saturated rings. The number of thiophene rings is 1. The average molecular weight is 502 g/mol. The number of nitrogens with zero attached hydrogens (tertiary/aromatic N) is 2. The first-order valence-electron chi connectivity index (χ1n) is 11.2. The Hall–Kier alpha value is -4.37. The van der Waals surface area contributed by atoms with Crippen molar-refractivity contribution < 1.29 is 18.7 Å². The molecule has 5 rings (SSSR count). The smallest absolute Gasteiger partial charge is 0.359 e. The maximum absolute atomic E-state index is 14.6. The third kappa shape index (κ3) is 4.25. The average Bonchev–Trinajstić information content (AvgIpc) is 3.29. The van der Waals surface area contributed by atoms with E-state index in [2.05, 4.69) is 10.4 Å². The van der Waals surface area contributed by atoms with E-state index in [9.17, 15) is 18.8 Å². The lowest BCUT2D eigenvalue weighted by Crippen LogP contribution is -2.26. The predicted octanol–water partition coefficient (Wildman–Crippen LogP) is 5.10. The fourth-order valence-corrected chi connectivity index (χ4v) is 5.02. The van der Waals surface area contributed by atoms with Gasteiger partial charge in [-0.1, -0.05) is 54.6 Å². The normalized spacial score (nSPS) is 11.1. The number of para-hydroxylation sites is 1. The summed E-state index contributed by atoms with van der Waals surface area (Å²) in [6, 6.07) is 19.1. The molecule has 1 N–H and O–H groups in total. The summed E-state index contributed by atoms with van der Waals surface area (Å²) in [5, 5.41) is 11.0. The SMILES string of the molecule is CCOC(=O)c1nn(-c2ccccc2F)c(=O)c2c(NC(=O)Cc3cccc4ccccc34)scc12. The van der Waals surface area contributed by atoms with Crippen LogP contribution in [0.1, 0.15) is 23.0 Å². The highest BCUT2D eigenvalue weighted by molar-refractivity contribution is 7.16. The van der Waals surface area contributed by atoms with Gasteiger partial charge in [0.1, 0.15) is 16.5 Å². The Labute approximate surface area is 208 Å². The highest BCUT2D eigenvalue weighted by atomic mass is 32.1. The molecule has 0 saturated carbocycles.